The second-order valence-electron chi connectivity index (χ2n) is 5.46. The fraction of sp³-hybridized carbons (Fsp3) is 0.500. The van der Waals surface area contributed by atoms with E-state index in [1.165, 1.54) is 26.2 Å². The summed E-state index contributed by atoms with van der Waals surface area (Å²) in [5.74, 6) is 0. The van der Waals surface area contributed by atoms with E-state index in [2.05, 4.69) is 26.3 Å². The van der Waals surface area contributed by atoms with Crippen molar-refractivity contribution in [3.05, 3.63) is 50.6 Å². The van der Waals surface area contributed by atoms with Gasteiger partial charge in [0.1, 0.15) is 26.2 Å². The Bertz CT molecular complexity index is 262. The highest BCUT2D eigenvalue weighted by Gasteiger charge is 2.39. The molecule has 1 fully saturated rings. The first-order valence-corrected chi connectivity index (χ1v) is 6.80. The molecule has 2 nitrogen and oxygen atoms in total. The topological polar surface area (TPSA) is 0 Å². The maximum Gasteiger partial charge on any atom is 0.129 e. The number of hydrogen-bond acceptors (Lipinski definition) is 0. The molecule has 0 amide bonds. The largest absolute Gasteiger partial charge is 1.00 e. The number of quaternary nitrogens is 2. The Labute approximate surface area is 137 Å². The highest BCUT2D eigenvalue weighted by molar-refractivity contribution is 4.77. The quantitative estimate of drug-likeness (QED) is 0.320. The summed E-state index contributed by atoms with van der Waals surface area (Å²) in [5.41, 5.74) is 0. The average Bonchev–Trinajstić information content (AvgIpc) is 2.35. The summed E-state index contributed by atoms with van der Waals surface area (Å²) in [4.78, 5) is 0. The molecule has 20 heavy (non-hydrogen) atoms. The van der Waals surface area contributed by atoms with Crippen molar-refractivity contribution in [1.82, 2.24) is 0 Å². The number of nitrogens with zero attached hydrogens (tertiary/aromatic N) is 2. The lowest BCUT2D eigenvalue weighted by atomic mass is 10.1. The van der Waals surface area contributed by atoms with Gasteiger partial charge in [-0.2, -0.15) is 0 Å². The molecule has 0 unspecified atom stereocenters. The summed E-state index contributed by atoms with van der Waals surface area (Å²) in [6.45, 7) is 24.6. The first kappa shape index (κ1) is 21.8. The van der Waals surface area contributed by atoms with Gasteiger partial charge in [-0.25, -0.2) is 0 Å². The third-order valence-electron chi connectivity index (χ3n) is 4.16. The van der Waals surface area contributed by atoms with E-state index in [-0.39, 0.29) is 24.8 Å². The Hall–Kier alpha value is -0.540. The summed E-state index contributed by atoms with van der Waals surface area (Å²) in [5, 5.41) is 0. The second-order valence-corrected chi connectivity index (χ2v) is 5.46. The van der Waals surface area contributed by atoms with Crippen LogP contribution < -0.4 is 24.8 Å². The minimum absolute atomic E-state index is 0. The number of hydrogen-bond donors (Lipinski definition) is 0. The molecular weight excluding hydrogens is 291 g/mol. The molecule has 116 valence electrons. The van der Waals surface area contributed by atoms with E-state index < -0.39 is 0 Å². The van der Waals surface area contributed by atoms with Crippen LogP contribution in [0, 0.1) is 0 Å². The van der Waals surface area contributed by atoms with Crippen molar-refractivity contribution in [2.75, 3.05) is 52.4 Å². The molecule has 0 aromatic heterocycles. The molecule has 0 atom stereocenters. The molecule has 1 aliphatic heterocycles. The Morgan fingerprint density at radius 2 is 0.750 bits per heavy atom. The standard InChI is InChI=1S/C16H28N2.2ClH/c1-5-9-17(10-6-2)13-15-18(11-7-3,12-8-4)16-14-17;;/h5-8H,1-4,9-16H2;2*1H/q+2;;/p-2. The summed E-state index contributed by atoms with van der Waals surface area (Å²) >= 11 is 0. The smallest absolute Gasteiger partial charge is 0.129 e. The summed E-state index contributed by atoms with van der Waals surface area (Å²) in [6.07, 6.45) is 8.18. The van der Waals surface area contributed by atoms with Gasteiger partial charge in [0.05, 0.1) is 26.2 Å². The first-order valence-electron chi connectivity index (χ1n) is 6.80. The third-order valence-corrected chi connectivity index (χ3v) is 4.16. The molecule has 0 aromatic rings. The predicted molar refractivity (Wildman–Crippen MR) is 80.2 cm³/mol. The first-order chi connectivity index (χ1) is 8.66. The van der Waals surface area contributed by atoms with Crippen LogP contribution in [0.2, 0.25) is 0 Å². The van der Waals surface area contributed by atoms with Crippen LogP contribution in [-0.2, 0) is 0 Å². The zero-order chi connectivity index (χ0) is 13.5. The Kier molecular flexibility index (Phi) is 11.1. The van der Waals surface area contributed by atoms with Crippen LogP contribution in [0.15, 0.2) is 50.6 Å². The van der Waals surface area contributed by atoms with Gasteiger partial charge in [0.2, 0.25) is 0 Å². The SMILES string of the molecule is C=CC[N+]1(CC=C)CC[N+](CC=C)(CC=C)CC1.[Cl-].[Cl-]. The van der Waals surface area contributed by atoms with E-state index >= 15 is 0 Å². The summed E-state index contributed by atoms with van der Waals surface area (Å²) in [7, 11) is 0. The Balaban J connectivity index is 0. The molecule has 0 N–H and O–H groups in total. The van der Waals surface area contributed by atoms with Gasteiger partial charge in [-0.1, -0.05) is 26.3 Å². The predicted octanol–water partition coefficient (Wildman–Crippen LogP) is -3.61. The number of rotatable bonds is 8. The van der Waals surface area contributed by atoms with Gasteiger partial charge in [0.15, 0.2) is 0 Å². The van der Waals surface area contributed by atoms with Gasteiger partial charge in [-0.3, -0.25) is 0 Å². The van der Waals surface area contributed by atoms with Crippen molar-refractivity contribution in [1.29, 1.82) is 0 Å². The molecule has 0 saturated carbocycles. The molecule has 0 aromatic carbocycles. The van der Waals surface area contributed by atoms with Gasteiger partial charge < -0.3 is 33.8 Å². The molecular formula is C16H28Cl2N2. The van der Waals surface area contributed by atoms with Crippen molar-refractivity contribution in [2.45, 2.75) is 0 Å². The van der Waals surface area contributed by atoms with E-state index in [0.717, 1.165) is 35.1 Å². The molecule has 1 saturated heterocycles. The van der Waals surface area contributed by atoms with Crippen molar-refractivity contribution in [2.24, 2.45) is 0 Å². The van der Waals surface area contributed by atoms with Gasteiger partial charge >= 0.3 is 0 Å². The second kappa shape index (κ2) is 10.2. The van der Waals surface area contributed by atoms with Crippen LogP contribution in [0.3, 0.4) is 0 Å². The number of piperazine rings is 1. The minimum Gasteiger partial charge on any atom is -1.00 e. The molecule has 1 heterocycles. The van der Waals surface area contributed by atoms with E-state index in [1.807, 2.05) is 24.3 Å². The van der Waals surface area contributed by atoms with E-state index in [9.17, 15) is 0 Å². The lowest BCUT2D eigenvalue weighted by molar-refractivity contribution is -1.02. The zero-order valence-electron chi connectivity index (χ0n) is 12.4. The number of halogens is 2. The van der Waals surface area contributed by atoms with Crippen LogP contribution in [0.4, 0.5) is 0 Å². The maximum absolute atomic E-state index is 3.90. The molecule has 1 rings (SSSR count). The van der Waals surface area contributed by atoms with Crippen molar-refractivity contribution >= 4 is 0 Å². The van der Waals surface area contributed by atoms with E-state index in [4.69, 9.17) is 0 Å². The maximum atomic E-state index is 3.90. The van der Waals surface area contributed by atoms with Crippen LogP contribution in [-0.4, -0.2) is 61.3 Å². The normalized spacial score (nSPS) is 18.8. The fourth-order valence-electron chi connectivity index (χ4n) is 3.05. The zero-order valence-corrected chi connectivity index (χ0v) is 14.0. The van der Waals surface area contributed by atoms with Gasteiger partial charge in [-0.05, 0) is 24.3 Å². The monoisotopic (exact) mass is 318 g/mol. The Morgan fingerprint density at radius 1 is 0.550 bits per heavy atom. The Morgan fingerprint density at radius 3 is 0.900 bits per heavy atom. The molecule has 0 radical (unpaired) electrons. The van der Waals surface area contributed by atoms with Gasteiger partial charge in [0.25, 0.3) is 0 Å². The summed E-state index contributed by atoms with van der Waals surface area (Å²) in [6, 6.07) is 0. The summed E-state index contributed by atoms with van der Waals surface area (Å²) < 4.78 is 2.22. The molecule has 0 spiro atoms. The lowest BCUT2D eigenvalue weighted by Crippen LogP contribution is -3.00. The van der Waals surface area contributed by atoms with E-state index in [0.29, 0.717) is 0 Å². The highest BCUT2D eigenvalue weighted by Crippen LogP contribution is 2.20. The average molecular weight is 319 g/mol. The van der Waals surface area contributed by atoms with Crippen LogP contribution in [0.5, 0.6) is 0 Å². The van der Waals surface area contributed by atoms with Crippen molar-refractivity contribution in [3.63, 3.8) is 0 Å². The fourth-order valence-corrected chi connectivity index (χ4v) is 3.05. The van der Waals surface area contributed by atoms with Gasteiger partial charge in [0, 0.05) is 0 Å². The molecule has 4 heteroatoms. The lowest BCUT2D eigenvalue weighted by Gasteiger charge is -2.48. The minimum atomic E-state index is 0. The van der Waals surface area contributed by atoms with Crippen molar-refractivity contribution in [3.8, 4) is 0 Å². The molecule has 0 aliphatic carbocycles. The molecule has 0 bridgehead atoms. The van der Waals surface area contributed by atoms with Crippen LogP contribution in [0.1, 0.15) is 0 Å². The molecule has 1 aliphatic rings. The van der Waals surface area contributed by atoms with Crippen molar-refractivity contribution < 1.29 is 33.8 Å². The van der Waals surface area contributed by atoms with Crippen LogP contribution >= 0.6 is 0 Å². The third kappa shape index (κ3) is 5.45. The van der Waals surface area contributed by atoms with Crippen LogP contribution in [0.25, 0.3) is 0 Å². The van der Waals surface area contributed by atoms with E-state index in [1.54, 1.807) is 0 Å². The van der Waals surface area contributed by atoms with Gasteiger partial charge in [-0.15, -0.1) is 0 Å². The highest BCUT2D eigenvalue weighted by atomic mass is 35.5.